The molecule has 1 N–H and O–H groups in total. The van der Waals surface area contributed by atoms with E-state index in [1.54, 1.807) is 6.33 Å². The molecule has 2 heterocycles. The van der Waals surface area contributed by atoms with E-state index in [0.29, 0.717) is 0 Å². The molecule has 22 heavy (non-hydrogen) atoms. The van der Waals surface area contributed by atoms with E-state index in [4.69, 9.17) is 0 Å². The van der Waals surface area contributed by atoms with Crippen LogP contribution in [0.25, 0.3) is 10.2 Å². The maximum Gasteiger partial charge on any atom is 0.142 e. The van der Waals surface area contributed by atoms with Gasteiger partial charge >= 0.3 is 0 Å². The van der Waals surface area contributed by atoms with Crippen LogP contribution < -0.4 is 5.32 Å². The van der Waals surface area contributed by atoms with Gasteiger partial charge in [-0.25, -0.2) is 9.97 Å². The lowest BCUT2D eigenvalue weighted by Crippen LogP contribution is -2.09. The minimum atomic E-state index is 0.780. The number of hydrogen-bond acceptors (Lipinski definition) is 4. The molecule has 0 fully saturated rings. The van der Waals surface area contributed by atoms with Crippen LogP contribution in [0.1, 0.15) is 29.3 Å². The van der Waals surface area contributed by atoms with Crippen molar-refractivity contribution in [3.8, 4) is 0 Å². The Hall–Kier alpha value is -1.94. The van der Waals surface area contributed by atoms with Gasteiger partial charge in [-0.1, -0.05) is 24.6 Å². The molecular formula is C18H19N3S. The number of anilines is 2. The number of fused-ring (bicyclic) bond motifs is 3. The van der Waals surface area contributed by atoms with Crippen molar-refractivity contribution in [2.24, 2.45) is 5.92 Å². The molecule has 0 aliphatic heterocycles. The predicted molar refractivity (Wildman–Crippen MR) is 93.1 cm³/mol. The molecule has 1 aliphatic rings. The number of hydrogen-bond donors (Lipinski definition) is 1. The summed E-state index contributed by atoms with van der Waals surface area (Å²) >= 11 is 1.84. The molecule has 2 aromatic heterocycles. The lowest BCUT2D eigenvalue weighted by Gasteiger charge is -2.18. The van der Waals surface area contributed by atoms with E-state index in [2.05, 4.69) is 53.4 Å². The Kier molecular flexibility index (Phi) is 3.34. The average molecular weight is 309 g/mol. The number of benzene rings is 1. The summed E-state index contributed by atoms with van der Waals surface area (Å²) in [6.45, 7) is 4.44. The van der Waals surface area contributed by atoms with Crippen LogP contribution in [0.15, 0.2) is 30.6 Å². The fourth-order valence-corrected chi connectivity index (χ4v) is 4.49. The third-order valence-electron chi connectivity index (χ3n) is 4.41. The smallest absolute Gasteiger partial charge is 0.142 e. The van der Waals surface area contributed by atoms with E-state index in [-0.39, 0.29) is 0 Å². The molecule has 3 nitrogen and oxygen atoms in total. The topological polar surface area (TPSA) is 37.8 Å². The first kappa shape index (κ1) is 13.7. The molecular weight excluding hydrogens is 290 g/mol. The van der Waals surface area contributed by atoms with Gasteiger partial charge < -0.3 is 5.32 Å². The molecule has 0 spiro atoms. The standard InChI is InChI=1S/C18H19N3S/c1-11-3-6-13(7-4-11)21-17-16-14-8-5-12(2)9-15(14)22-18(16)20-10-19-17/h3-4,6-7,10,12H,5,8-9H2,1-2H3,(H,19,20,21)/t12-/m0/s1. The molecule has 1 atom stereocenters. The number of thiophene rings is 1. The molecule has 1 aromatic carbocycles. The van der Waals surface area contributed by atoms with E-state index in [1.165, 1.54) is 34.2 Å². The molecule has 112 valence electrons. The lowest BCUT2D eigenvalue weighted by atomic mass is 9.89. The van der Waals surface area contributed by atoms with Crippen molar-refractivity contribution in [3.05, 3.63) is 46.6 Å². The van der Waals surface area contributed by atoms with E-state index >= 15 is 0 Å². The van der Waals surface area contributed by atoms with Crippen molar-refractivity contribution in [2.75, 3.05) is 5.32 Å². The highest BCUT2D eigenvalue weighted by Crippen LogP contribution is 2.40. The van der Waals surface area contributed by atoms with Gasteiger partial charge in [0, 0.05) is 10.6 Å². The van der Waals surface area contributed by atoms with Crippen LogP contribution in [-0.2, 0) is 12.8 Å². The summed E-state index contributed by atoms with van der Waals surface area (Å²) in [5.74, 6) is 1.72. The van der Waals surface area contributed by atoms with Gasteiger partial charge in [-0.15, -0.1) is 11.3 Å². The largest absolute Gasteiger partial charge is 0.340 e. The summed E-state index contributed by atoms with van der Waals surface area (Å²) in [7, 11) is 0. The average Bonchev–Trinajstić information content (AvgIpc) is 2.88. The maximum absolute atomic E-state index is 4.51. The molecule has 4 rings (SSSR count). The molecule has 0 saturated carbocycles. The van der Waals surface area contributed by atoms with Crippen molar-refractivity contribution < 1.29 is 0 Å². The highest BCUT2D eigenvalue weighted by atomic mass is 32.1. The predicted octanol–water partition coefficient (Wildman–Crippen LogP) is 4.87. The zero-order valence-corrected chi connectivity index (χ0v) is 13.7. The molecule has 1 aliphatic carbocycles. The normalized spacial score (nSPS) is 17.5. The third kappa shape index (κ3) is 2.37. The summed E-state index contributed by atoms with van der Waals surface area (Å²) in [4.78, 5) is 11.6. The number of aryl methyl sites for hydroxylation is 2. The fraction of sp³-hybridized carbons (Fsp3) is 0.333. The van der Waals surface area contributed by atoms with E-state index in [1.807, 2.05) is 11.3 Å². The van der Waals surface area contributed by atoms with Crippen LogP contribution in [0.3, 0.4) is 0 Å². The summed E-state index contributed by atoms with van der Waals surface area (Å²) in [5, 5.41) is 4.71. The minimum Gasteiger partial charge on any atom is -0.340 e. The van der Waals surface area contributed by atoms with E-state index < -0.39 is 0 Å². The number of aromatic nitrogens is 2. The van der Waals surface area contributed by atoms with Crippen molar-refractivity contribution >= 4 is 33.1 Å². The Balaban J connectivity index is 1.79. The Morgan fingerprint density at radius 2 is 2.00 bits per heavy atom. The lowest BCUT2D eigenvalue weighted by molar-refractivity contribution is 0.509. The monoisotopic (exact) mass is 309 g/mol. The minimum absolute atomic E-state index is 0.780. The quantitative estimate of drug-likeness (QED) is 0.734. The zero-order valence-electron chi connectivity index (χ0n) is 12.9. The van der Waals surface area contributed by atoms with Crippen LogP contribution in [0, 0.1) is 12.8 Å². The first-order valence-corrected chi connectivity index (χ1v) is 8.61. The molecule has 0 amide bonds. The number of nitrogens with zero attached hydrogens (tertiary/aromatic N) is 2. The first-order valence-electron chi connectivity index (χ1n) is 7.79. The van der Waals surface area contributed by atoms with Crippen LogP contribution in [0.4, 0.5) is 11.5 Å². The third-order valence-corrected chi connectivity index (χ3v) is 5.57. The summed E-state index contributed by atoms with van der Waals surface area (Å²) in [6, 6.07) is 8.44. The van der Waals surface area contributed by atoms with E-state index in [9.17, 15) is 0 Å². The molecule has 0 bridgehead atoms. The van der Waals surface area contributed by atoms with Crippen molar-refractivity contribution in [1.82, 2.24) is 9.97 Å². The summed E-state index contributed by atoms with van der Waals surface area (Å²) < 4.78 is 0. The fourth-order valence-electron chi connectivity index (χ4n) is 3.14. The number of nitrogens with one attached hydrogen (secondary N) is 1. The molecule has 0 saturated heterocycles. The van der Waals surface area contributed by atoms with Gasteiger partial charge in [-0.05, 0) is 49.8 Å². The van der Waals surface area contributed by atoms with Gasteiger partial charge in [0.25, 0.3) is 0 Å². The van der Waals surface area contributed by atoms with Crippen LogP contribution in [-0.4, -0.2) is 9.97 Å². The Morgan fingerprint density at radius 3 is 2.82 bits per heavy atom. The number of rotatable bonds is 2. The molecule has 0 unspecified atom stereocenters. The zero-order chi connectivity index (χ0) is 15.1. The summed E-state index contributed by atoms with van der Waals surface area (Å²) in [6.07, 6.45) is 5.26. The summed E-state index contributed by atoms with van der Waals surface area (Å²) in [5.41, 5.74) is 3.81. The molecule has 4 heteroatoms. The van der Waals surface area contributed by atoms with Gasteiger partial charge in [-0.2, -0.15) is 0 Å². The van der Waals surface area contributed by atoms with Gasteiger partial charge in [0.05, 0.1) is 5.39 Å². The first-order chi connectivity index (χ1) is 10.7. The Labute approximate surface area is 134 Å². The van der Waals surface area contributed by atoms with Gasteiger partial charge in [0.2, 0.25) is 0 Å². The van der Waals surface area contributed by atoms with Gasteiger partial charge in [0.1, 0.15) is 17.0 Å². The molecule has 3 aromatic rings. The highest BCUT2D eigenvalue weighted by molar-refractivity contribution is 7.19. The van der Waals surface area contributed by atoms with Crippen molar-refractivity contribution in [2.45, 2.75) is 33.1 Å². The molecule has 0 radical (unpaired) electrons. The maximum atomic E-state index is 4.51. The SMILES string of the molecule is Cc1ccc(Nc2ncnc3sc4c(c23)CC[C@H](C)C4)cc1. The van der Waals surface area contributed by atoms with Crippen LogP contribution >= 0.6 is 11.3 Å². The second kappa shape index (κ2) is 5.36. The Bertz CT molecular complexity index is 820. The van der Waals surface area contributed by atoms with Crippen LogP contribution in [0.5, 0.6) is 0 Å². The van der Waals surface area contributed by atoms with Gasteiger partial charge in [0.15, 0.2) is 0 Å². The van der Waals surface area contributed by atoms with Gasteiger partial charge in [-0.3, -0.25) is 0 Å². The second-order valence-electron chi connectivity index (χ2n) is 6.25. The Morgan fingerprint density at radius 1 is 1.18 bits per heavy atom. The second-order valence-corrected chi connectivity index (χ2v) is 7.33. The van der Waals surface area contributed by atoms with Crippen LogP contribution in [0.2, 0.25) is 0 Å². The van der Waals surface area contributed by atoms with Crippen molar-refractivity contribution in [1.29, 1.82) is 0 Å². The highest BCUT2D eigenvalue weighted by Gasteiger charge is 2.23. The van der Waals surface area contributed by atoms with E-state index in [0.717, 1.165) is 28.7 Å². The van der Waals surface area contributed by atoms with Crippen molar-refractivity contribution in [3.63, 3.8) is 0 Å².